The van der Waals surface area contributed by atoms with Crippen molar-refractivity contribution in [3.63, 3.8) is 0 Å². The van der Waals surface area contributed by atoms with Gasteiger partial charge in [-0.1, -0.05) is 64.8 Å². The number of nitrogens with two attached hydrogens (primary N) is 1. The van der Waals surface area contributed by atoms with Crippen molar-refractivity contribution in [2.75, 3.05) is 5.73 Å². The fraction of sp³-hybridized carbons (Fsp3) is 0.0625. The van der Waals surface area contributed by atoms with Gasteiger partial charge in [0.05, 0.1) is 5.56 Å². The number of aryl methyl sites for hydroxylation is 1. The molecule has 0 spiro atoms. The lowest BCUT2D eigenvalue weighted by Gasteiger charge is -2.05. The van der Waals surface area contributed by atoms with Crippen molar-refractivity contribution in [3.8, 4) is 22.4 Å². The van der Waals surface area contributed by atoms with Crippen molar-refractivity contribution in [1.82, 2.24) is 5.16 Å². The van der Waals surface area contributed by atoms with Gasteiger partial charge in [-0.05, 0) is 13.0 Å². The summed E-state index contributed by atoms with van der Waals surface area (Å²) < 4.78 is 5.16. The molecule has 20 heavy (non-hydrogen) atoms. The van der Waals surface area contributed by atoms with Gasteiger partial charge in [-0.15, -0.1) is 0 Å². The van der Waals surface area contributed by atoms with Crippen molar-refractivity contribution in [3.05, 3.63) is 59.1 Å². The number of halogens is 1. The van der Waals surface area contributed by atoms with E-state index in [2.05, 4.69) is 5.16 Å². The second-order valence-electron chi connectivity index (χ2n) is 4.62. The lowest BCUT2D eigenvalue weighted by molar-refractivity contribution is 0.439. The van der Waals surface area contributed by atoms with Gasteiger partial charge in [0, 0.05) is 16.1 Å². The van der Waals surface area contributed by atoms with E-state index in [0.29, 0.717) is 10.7 Å². The number of aromatic nitrogens is 1. The number of nitrogens with zero attached hydrogens (tertiary/aromatic N) is 1. The smallest absolute Gasteiger partial charge is 0.230 e. The van der Waals surface area contributed by atoms with Crippen molar-refractivity contribution < 1.29 is 4.52 Å². The molecule has 0 unspecified atom stereocenters. The molecule has 0 saturated carbocycles. The maximum atomic E-state index is 6.25. The van der Waals surface area contributed by atoms with Gasteiger partial charge in [0.1, 0.15) is 5.69 Å². The summed E-state index contributed by atoms with van der Waals surface area (Å²) in [5.74, 6) is 0.272. The van der Waals surface area contributed by atoms with Gasteiger partial charge in [-0.3, -0.25) is 0 Å². The first-order valence-electron chi connectivity index (χ1n) is 6.24. The van der Waals surface area contributed by atoms with E-state index in [4.69, 9.17) is 21.9 Å². The lowest BCUT2D eigenvalue weighted by Crippen LogP contribution is -1.88. The van der Waals surface area contributed by atoms with E-state index in [-0.39, 0.29) is 5.88 Å². The summed E-state index contributed by atoms with van der Waals surface area (Å²) in [7, 11) is 0. The van der Waals surface area contributed by atoms with E-state index in [0.717, 1.165) is 16.7 Å². The molecule has 0 aliphatic rings. The van der Waals surface area contributed by atoms with E-state index >= 15 is 0 Å². The van der Waals surface area contributed by atoms with Gasteiger partial charge in [-0.25, -0.2) is 0 Å². The van der Waals surface area contributed by atoms with Crippen LogP contribution in [0.3, 0.4) is 0 Å². The maximum absolute atomic E-state index is 6.25. The van der Waals surface area contributed by atoms with Gasteiger partial charge < -0.3 is 10.3 Å². The topological polar surface area (TPSA) is 52.0 Å². The Hall–Kier alpha value is -2.26. The number of rotatable bonds is 2. The fourth-order valence-electron chi connectivity index (χ4n) is 2.14. The highest BCUT2D eigenvalue weighted by Gasteiger charge is 2.19. The third kappa shape index (κ3) is 2.17. The molecule has 0 aliphatic heterocycles. The average Bonchev–Trinajstić information content (AvgIpc) is 2.82. The molecule has 3 aromatic rings. The van der Waals surface area contributed by atoms with Crippen LogP contribution in [0.5, 0.6) is 0 Å². The van der Waals surface area contributed by atoms with Crippen LogP contribution in [0.25, 0.3) is 22.4 Å². The molecule has 0 radical (unpaired) electrons. The van der Waals surface area contributed by atoms with Crippen molar-refractivity contribution in [2.24, 2.45) is 0 Å². The zero-order valence-electron chi connectivity index (χ0n) is 10.9. The van der Waals surface area contributed by atoms with Gasteiger partial charge in [0.2, 0.25) is 5.88 Å². The minimum Gasteiger partial charge on any atom is -0.367 e. The second kappa shape index (κ2) is 5.02. The molecule has 4 heteroatoms. The van der Waals surface area contributed by atoms with Crippen LogP contribution in [-0.4, -0.2) is 5.16 Å². The fourth-order valence-corrected chi connectivity index (χ4v) is 2.37. The summed E-state index contributed by atoms with van der Waals surface area (Å²) in [4.78, 5) is 0. The van der Waals surface area contributed by atoms with Crippen molar-refractivity contribution >= 4 is 17.5 Å². The molecular formula is C16H13ClN2O. The molecule has 100 valence electrons. The minimum absolute atomic E-state index is 0.272. The molecule has 1 aromatic heterocycles. The summed E-state index contributed by atoms with van der Waals surface area (Å²) in [6.07, 6.45) is 0. The van der Waals surface area contributed by atoms with Crippen LogP contribution in [-0.2, 0) is 0 Å². The predicted molar refractivity (Wildman–Crippen MR) is 81.5 cm³/mol. The third-order valence-corrected chi connectivity index (χ3v) is 3.52. The second-order valence-corrected chi connectivity index (χ2v) is 5.02. The molecule has 0 bridgehead atoms. The van der Waals surface area contributed by atoms with Crippen LogP contribution in [0.1, 0.15) is 5.56 Å². The highest BCUT2D eigenvalue weighted by molar-refractivity contribution is 6.33. The normalized spacial score (nSPS) is 10.7. The highest BCUT2D eigenvalue weighted by atomic mass is 35.5. The molecule has 1 heterocycles. The van der Waals surface area contributed by atoms with E-state index in [1.807, 2.05) is 55.5 Å². The first-order valence-corrected chi connectivity index (χ1v) is 6.61. The largest absolute Gasteiger partial charge is 0.367 e. The molecular weight excluding hydrogens is 272 g/mol. The molecule has 0 amide bonds. The molecule has 2 aromatic carbocycles. The minimum atomic E-state index is 0.272. The average molecular weight is 285 g/mol. The van der Waals surface area contributed by atoms with E-state index in [1.165, 1.54) is 5.56 Å². The molecule has 0 fully saturated rings. The maximum Gasteiger partial charge on any atom is 0.230 e. The number of hydrogen-bond donors (Lipinski definition) is 1. The van der Waals surface area contributed by atoms with Crippen molar-refractivity contribution in [2.45, 2.75) is 6.92 Å². The summed E-state index contributed by atoms with van der Waals surface area (Å²) >= 11 is 6.25. The van der Waals surface area contributed by atoms with Crippen molar-refractivity contribution in [1.29, 1.82) is 0 Å². The number of nitrogen functional groups attached to an aromatic ring is 1. The van der Waals surface area contributed by atoms with Crippen LogP contribution in [0.4, 0.5) is 5.88 Å². The Labute approximate surface area is 122 Å². The van der Waals surface area contributed by atoms with Gasteiger partial charge >= 0.3 is 0 Å². The molecule has 3 nitrogen and oxygen atoms in total. The van der Waals surface area contributed by atoms with Crippen LogP contribution >= 0.6 is 11.6 Å². The molecule has 3 rings (SSSR count). The Bertz CT molecular complexity index is 747. The zero-order chi connectivity index (χ0) is 14.1. The highest BCUT2D eigenvalue weighted by Crippen LogP contribution is 2.39. The lowest BCUT2D eigenvalue weighted by atomic mass is 10.0. The van der Waals surface area contributed by atoms with E-state index < -0.39 is 0 Å². The van der Waals surface area contributed by atoms with Crippen LogP contribution in [0, 0.1) is 6.92 Å². The first-order chi connectivity index (χ1) is 9.66. The Balaban J connectivity index is 2.20. The summed E-state index contributed by atoms with van der Waals surface area (Å²) in [5.41, 5.74) is 10.3. The summed E-state index contributed by atoms with van der Waals surface area (Å²) in [5, 5.41) is 4.70. The Kier molecular flexibility index (Phi) is 3.20. The van der Waals surface area contributed by atoms with Gasteiger partial charge in [0.25, 0.3) is 0 Å². The number of anilines is 1. The summed E-state index contributed by atoms with van der Waals surface area (Å²) in [6.45, 7) is 2.04. The molecule has 0 aliphatic carbocycles. The van der Waals surface area contributed by atoms with Gasteiger partial charge in [-0.2, -0.15) is 0 Å². The molecule has 0 saturated heterocycles. The zero-order valence-corrected chi connectivity index (χ0v) is 11.7. The number of benzene rings is 2. The molecule has 0 atom stereocenters. The molecule has 2 N–H and O–H groups in total. The van der Waals surface area contributed by atoms with Gasteiger partial charge in [0.15, 0.2) is 0 Å². The Morgan fingerprint density at radius 1 is 1.05 bits per heavy atom. The summed E-state index contributed by atoms with van der Waals surface area (Å²) in [6, 6.07) is 15.5. The first kappa shape index (κ1) is 12.8. The van der Waals surface area contributed by atoms with E-state index in [9.17, 15) is 0 Å². The quantitative estimate of drug-likeness (QED) is 0.751. The Morgan fingerprint density at radius 2 is 1.75 bits per heavy atom. The SMILES string of the molecule is Cc1ccc(-c2noc(N)c2-c2ccccc2Cl)cc1. The van der Waals surface area contributed by atoms with Crippen LogP contribution in [0.2, 0.25) is 5.02 Å². The predicted octanol–water partition coefficient (Wildman–Crippen LogP) is 4.55. The Morgan fingerprint density at radius 3 is 2.45 bits per heavy atom. The number of hydrogen-bond acceptors (Lipinski definition) is 3. The standard InChI is InChI=1S/C16H13ClN2O/c1-10-6-8-11(9-7-10)15-14(16(18)20-19-15)12-4-2-3-5-13(12)17/h2-9H,18H2,1H3. The monoisotopic (exact) mass is 284 g/mol. The van der Waals surface area contributed by atoms with Crippen LogP contribution in [0.15, 0.2) is 53.1 Å². The van der Waals surface area contributed by atoms with E-state index in [1.54, 1.807) is 0 Å². The third-order valence-electron chi connectivity index (χ3n) is 3.19. The van der Waals surface area contributed by atoms with Crippen LogP contribution < -0.4 is 5.73 Å².